The third-order valence-corrected chi connectivity index (χ3v) is 4.44. The molecule has 6 heteroatoms. The van der Waals surface area contributed by atoms with E-state index >= 15 is 0 Å². The Morgan fingerprint density at radius 1 is 1.17 bits per heavy atom. The summed E-state index contributed by atoms with van der Waals surface area (Å²) >= 11 is 0. The van der Waals surface area contributed by atoms with Crippen LogP contribution in [-0.2, 0) is 13.1 Å². The van der Waals surface area contributed by atoms with Crippen molar-refractivity contribution < 1.29 is 9.52 Å². The van der Waals surface area contributed by atoms with E-state index in [-0.39, 0.29) is 0 Å². The summed E-state index contributed by atoms with van der Waals surface area (Å²) in [6.45, 7) is 2.62. The first-order chi connectivity index (χ1) is 11.7. The fourth-order valence-corrected chi connectivity index (χ4v) is 3.26. The monoisotopic (exact) mass is 324 g/mol. The molecular weight excluding hydrogens is 304 g/mol. The first-order valence-corrected chi connectivity index (χ1v) is 8.13. The zero-order valence-electron chi connectivity index (χ0n) is 13.4. The van der Waals surface area contributed by atoms with Gasteiger partial charge in [0.05, 0.1) is 24.9 Å². The van der Waals surface area contributed by atoms with E-state index in [1.807, 2.05) is 42.5 Å². The molecule has 0 amide bonds. The highest BCUT2D eigenvalue weighted by molar-refractivity contribution is 5.57. The van der Waals surface area contributed by atoms with Crippen molar-refractivity contribution in [1.29, 1.82) is 0 Å². The van der Waals surface area contributed by atoms with Crippen LogP contribution in [-0.4, -0.2) is 43.7 Å². The Labute approximate surface area is 140 Å². The number of benzene rings is 1. The minimum Gasteiger partial charge on any atom is -0.460 e. The molecule has 0 bridgehead atoms. The van der Waals surface area contributed by atoms with E-state index in [9.17, 15) is 5.11 Å². The molecular formula is C18H20N4O2. The summed E-state index contributed by atoms with van der Waals surface area (Å²) in [5, 5.41) is 18.5. The molecule has 1 saturated heterocycles. The van der Waals surface area contributed by atoms with E-state index in [1.54, 1.807) is 17.1 Å². The predicted molar refractivity (Wildman–Crippen MR) is 89.0 cm³/mol. The normalized spacial score (nSPS) is 21.4. The van der Waals surface area contributed by atoms with Crippen molar-refractivity contribution in [2.75, 3.05) is 13.1 Å². The lowest BCUT2D eigenvalue weighted by atomic mass is 10.0. The van der Waals surface area contributed by atoms with E-state index < -0.39 is 5.60 Å². The van der Waals surface area contributed by atoms with E-state index in [0.717, 1.165) is 30.0 Å². The van der Waals surface area contributed by atoms with Gasteiger partial charge in [0, 0.05) is 24.8 Å². The van der Waals surface area contributed by atoms with Crippen LogP contribution in [0.3, 0.4) is 0 Å². The zero-order valence-corrected chi connectivity index (χ0v) is 13.4. The lowest BCUT2D eigenvalue weighted by molar-refractivity contribution is 0.0269. The molecule has 1 aliphatic rings. The third-order valence-electron chi connectivity index (χ3n) is 4.44. The molecule has 1 N–H and O–H groups in total. The van der Waals surface area contributed by atoms with Crippen molar-refractivity contribution in [3.8, 4) is 11.3 Å². The standard InChI is InChI=1S/C18H20N4O2/c23-18(14-22-11-9-19-20-22)8-10-21(13-18)12-16-6-7-17(24-16)15-4-2-1-3-5-15/h1-7,9,11,23H,8,10,12-14H2. The van der Waals surface area contributed by atoms with E-state index in [0.29, 0.717) is 19.6 Å². The fourth-order valence-electron chi connectivity index (χ4n) is 3.26. The molecule has 124 valence electrons. The van der Waals surface area contributed by atoms with Gasteiger partial charge in [-0.3, -0.25) is 4.90 Å². The van der Waals surface area contributed by atoms with Crippen LogP contribution < -0.4 is 0 Å². The number of furan rings is 1. The Balaban J connectivity index is 1.39. The Morgan fingerprint density at radius 2 is 2.04 bits per heavy atom. The van der Waals surface area contributed by atoms with Crippen LogP contribution in [0.4, 0.5) is 0 Å². The maximum Gasteiger partial charge on any atom is 0.134 e. The number of nitrogens with zero attached hydrogens (tertiary/aromatic N) is 4. The summed E-state index contributed by atoms with van der Waals surface area (Å²) in [5.41, 5.74) is 0.315. The molecule has 3 aromatic rings. The van der Waals surface area contributed by atoms with Gasteiger partial charge in [-0.25, -0.2) is 4.68 Å². The third kappa shape index (κ3) is 3.25. The topological polar surface area (TPSA) is 67.3 Å². The lowest BCUT2D eigenvalue weighted by Crippen LogP contribution is -2.37. The average Bonchev–Trinajstić information content (AvgIpc) is 3.32. The smallest absolute Gasteiger partial charge is 0.134 e. The summed E-state index contributed by atoms with van der Waals surface area (Å²) in [6.07, 6.45) is 4.13. The molecule has 1 aliphatic heterocycles. The Hall–Kier alpha value is -2.44. The SMILES string of the molecule is OC1(Cn2ccnn2)CCN(Cc2ccc(-c3ccccc3)o2)C1. The molecule has 0 spiro atoms. The first-order valence-electron chi connectivity index (χ1n) is 8.13. The second-order valence-electron chi connectivity index (χ2n) is 6.42. The number of aliphatic hydroxyl groups is 1. The number of likely N-dealkylation sites (tertiary alicyclic amines) is 1. The van der Waals surface area contributed by atoms with Crippen LogP contribution in [0.25, 0.3) is 11.3 Å². The molecule has 0 saturated carbocycles. The second kappa shape index (κ2) is 6.22. The fraction of sp³-hybridized carbons (Fsp3) is 0.333. The quantitative estimate of drug-likeness (QED) is 0.779. The molecule has 1 aromatic carbocycles. The molecule has 3 heterocycles. The molecule has 6 nitrogen and oxygen atoms in total. The summed E-state index contributed by atoms with van der Waals surface area (Å²) < 4.78 is 7.64. The van der Waals surface area contributed by atoms with Crippen molar-refractivity contribution in [3.05, 3.63) is 60.6 Å². The minimum absolute atomic E-state index is 0.469. The Bertz CT molecular complexity index is 784. The second-order valence-corrected chi connectivity index (χ2v) is 6.42. The first kappa shape index (κ1) is 15.1. The molecule has 1 fully saturated rings. The van der Waals surface area contributed by atoms with Crippen LogP contribution in [0, 0.1) is 0 Å². The highest BCUT2D eigenvalue weighted by atomic mass is 16.3. The maximum absolute atomic E-state index is 10.7. The number of β-amino-alcohol motifs (C(OH)–C–C–N with tert-alkyl or cyclic N) is 1. The molecule has 2 aromatic heterocycles. The number of rotatable bonds is 5. The van der Waals surface area contributed by atoms with Gasteiger partial charge in [0.2, 0.25) is 0 Å². The Kier molecular flexibility index (Phi) is 3.92. The highest BCUT2D eigenvalue weighted by Crippen LogP contribution is 2.27. The van der Waals surface area contributed by atoms with Crippen LogP contribution in [0.1, 0.15) is 12.2 Å². The molecule has 4 rings (SSSR count). The van der Waals surface area contributed by atoms with E-state index in [2.05, 4.69) is 15.2 Å². The zero-order chi connectivity index (χ0) is 16.4. The van der Waals surface area contributed by atoms with Gasteiger partial charge >= 0.3 is 0 Å². The highest BCUT2D eigenvalue weighted by Gasteiger charge is 2.36. The van der Waals surface area contributed by atoms with Gasteiger partial charge in [-0.15, -0.1) is 5.10 Å². The van der Waals surface area contributed by atoms with Gasteiger partial charge < -0.3 is 9.52 Å². The number of aromatic nitrogens is 3. The molecule has 24 heavy (non-hydrogen) atoms. The number of hydrogen-bond acceptors (Lipinski definition) is 5. The largest absolute Gasteiger partial charge is 0.460 e. The minimum atomic E-state index is -0.761. The average molecular weight is 324 g/mol. The molecule has 1 unspecified atom stereocenters. The van der Waals surface area contributed by atoms with Gasteiger partial charge in [0.15, 0.2) is 0 Å². The Morgan fingerprint density at radius 3 is 2.83 bits per heavy atom. The van der Waals surface area contributed by atoms with Crippen LogP contribution in [0.15, 0.2) is 59.3 Å². The molecule has 0 aliphatic carbocycles. The van der Waals surface area contributed by atoms with Crippen LogP contribution in [0.5, 0.6) is 0 Å². The summed E-state index contributed by atoms with van der Waals surface area (Å²) in [5.74, 6) is 1.79. The summed E-state index contributed by atoms with van der Waals surface area (Å²) in [6, 6.07) is 14.1. The number of hydrogen-bond donors (Lipinski definition) is 1. The van der Waals surface area contributed by atoms with Gasteiger partial charge in [0.25, 0.3) is 0 Å². The molecule has 1 atom stereocenters. The van der Waals surface area contributed by atoms with Crippen LogP contribution in [0.2, 0.25) is 0 Å². The summed E-state index contributed by atoms with van der Waals surface area (Å²) in [4.78, 5) is 2.21. The van der Waals surface area contributed by atoms with Crippen molar-refractivity contribution in [2.24, 2.45) is 0 Å². The van der Waals surface area contributed by atoms with E-state index in [1.165, 1.54) is 0 Å². The van der Waals surface area contributed by atoms with Crippen molar-refractivity contribution in [3.63, 3.8) is 0 Å². The van der Waals surface area contributed by atoms with E-state index in [4.69, 9.17) is 4.42 Å². The van der Waals surface area contributed by atoms with Crippen LogP contribution >= 0.6 is 0 Å². The van der Waals surface area contributed by atoms with Gasteiger partial charge in [-0.1, -0.05) is 35.5 Å². The lowest BCUT2D eigenvalue weighted by Gasteiger charge is -2.22. The molecule has 0 radical (unpaired) electrons. The van der Waals surface area contributed by atoms with Crippen molar-refractivity contribution in [2.45, 2.75) is 25.1 Å². The predicted octanol–water partition coefficient (Wildman–Crippen LogP) is 2.18. The summed E-state index contributed by atoms with van der Waals surface area (Å²) in [7, 11) is 0. The maximum atomic E-state index is 10.7. The van der Waals surface area contributed by atoms with Gasteiger partial charge in [-0.05, 0) is 18.6 Å². The van der Waals surface area contributed by atoms with Crippen molar-refractivity contribution in [1.82, 2.24) is 19.9 Å². The van der Waals surface area contributed by atoms with Gasteiger partial charge in [0.1, 0.15) is 11.5 Å². The van der Waals surface area contributed by atoms with Crippen molar-refractivity contribution >= 4 is 0 Å². The van der Waals surface area contributed by atoms with Gasteiger partial charge in [-0.2, -0.15) is 0 Å².